The quantitative estimate of drug-likeness (QED) is 0.482. The molecule has 0 bridgehead atoms. The van der Waals surface area contributed by atoms with Crippen molar-refractivity contribution in [3.05, 3.63) is 77.8 Å². The molecule has 0 aliphatic carbocycles. The lowest BCUT2D eigenvalue weighted by Crippen LogP contribution is -2.37. The highest BCUT2D eigenvalue weighted by Gasteiger charge is 2.42. The molecule has 1 saturated heterocycles. The number of hydrogen-bond acceptors (Lipinski definition) is 5. The second kappa shape index (κ2) is 9.96. The monoisotopic (exact) mass is 441 g/mol. The van der Waals surface area contributed by atoms with Crippen LogP contribution in [0.1, 0.15) is 12.0 Å². The van der Waals surface area contributed by atoms with Crippen LogP contribution >= 0.6 is 11.6 Å². The molecular formula is C23H24ClN3O4. The number of carbonyl (C=O) groups excluding carboxylic acids is 1. The minimum absolute atomic E-state index is 0.193. The van der Waals surface area contributed by atoms with Gasteiger partial charge in [-0.05, 0) is 48.4 Å². The predicted octanol–water partition coefficient (Wildman–Crippen LogP) is 3.93. The van der Waals surface area contributed by atoms with E-state index in [0.717, 1.165) is 11.4 Å². The average Bonchev–Trinajstić information content (AvgIpc) is 3.44. The molecule has 0 spiro atoms. The zero-order valence-corrected chi connectivity index (χ0v) is 17.7. The molecule has 2 unspecified atom stereocenters. The number of carbonyl (C=O) groups is 1. The number of aryl methyl sites for hydroxylation is 1. The Morgan fingerprint density at radius 3 is 2.74 bits per heavy atom. The van der Waals surface area contributed by atoms with Crippen LogP contribution in [0.4, 0.5) is 5.69 Å². The van der Waals surface area contributed by atoms with Crippen LogP contribution < -0.4 is 10.1 Å². The van der Waals surface area contributed by atoms with Crippen LogP contribution in [-0.2, 0) is 27.2 Å². The van der Waals surface area contributed by atoms with Gasteiger partial charge >= 0.3 is 0 Å². The zero-order valence-electron chi connectivity index (χ0n) is 16.9. The molecule has 1 aliphatic heterocycles. The van der Waals surface area contributed by atoms with Crippen LogP contribution in [0.2, 0.25) is 5.02 Å². The van der Waals surface area contributed by atoms with Gasteiger partial charge in [0.05, 0.1) is 19.5 Å². The largest absolute Gasteiger partial charge is 0.491 e. The number of aromatic nitrogens is 2. The normalized spacial score (nSPS) is 20.5. The van der Waals surface area contributed by atoms with E-state index >= 15 is 0 Å². The van der Waals surface area contributed by atoms with Crippen molar-refractivity contribution in [1.82, 2.24) is 9.55 Å². The van der Waals surface area contributed by atoms with Gasteiger partial charge in [-0.2, -0.15) is 0 Å². The summed E-state index contributed by atoms with van der Waals surface area (Å²) < 4.78 is 20.4. The highest BCUT2D eigenvalue weighted by atomic mass is 35.5. The molecule has 8 heteroatoms. The number of rotatable bonds is 10. The maximum atomic E-state index is 10.5. The number of nitrogens with zero attached hydrogens (tertiary/aromatic N) is 2. The van der Waals surface area contributed by atoms with Gasteiger partial charge in [-0.15, -0.1) is 0 Å². The average molecular weight is 442 g/mol. The van der Waals surface area contributed by atoms with E-state index in [1.165, 1.54) is 5.56 Å². The first kappa shape index (κ1) is 21.4. The van der Waals surface area contributed by atoms with E-state index in [-0.39, 0.29) is 6.10 Å². The smallest absolute Gasteiger partial charge is 0.211 e. The van der Waals surface area contributed by atoms with Crippen LogP contribution in [0.3, 0.4) is 0 Å². The molecule has 0 saturated carbocycles. The third kappa shape index (κ3) is 5.85. The van der Waals surface area contributed by atoms with E-state index in [2.05, 4.69) is 10.3 Å². The summed E-state index contributed by atoms with van der Waals surface area (Å²) in [7, 11) is 0. The van der Waals surface area contributed by atoms with Crippen LogP contribution in [0.5, 0.6) is 5.75 Å². The van der Waals surface area contributed by atoms with Gasteiger partial charge in [0.1, 0.15) is 18.5 Å². The lowest BCUT2D eigenvalue weighted by molar-refractivity contribution is -0.184. The third-order valence-electron chi connectivity index (χ3n) is 5.12. The second-order valence-corrected chi connectivity index (χ2v) is 7.86. The van der Waals surface area contributed by atoms with E-state index in [1.807, 2.05) is 35.0 Å². The molecule has 4 rings (SSSR count). The molecule has 7 nitrogen and oxygen atoms in total. The van der Waals surface area contributed by atoms with Crippen molar-refractivity contribution in [2.24, 2.45) is 0 Å². The topological polar surface area (TPSA) is 74.6 Å². The predicted molar refractivity (Wildman–Crippen MR) is 117 cm³/mol. The molecule has 3 aromatic rings. The van der Waals surface area contributed by atoms with Crippen molar-refractivity contribution in [3.8, 4) is 5.75 Å². The maximum Gasteiger partial charge on any atom is 0.211 e. The summed E-state index contributed by atoms with van der Waals surface area (Å²) in [5, 5.41) is 3.32. The lowest BCUT2D eigenvalue weighted by Gasteiger charge is -2.28. The van der Waals surface area contributed by atoms with E-state index in [4.69, 9.17) is 25.8 Å². The van der Waals surface area contributed by atoms with Gasteiger partial charge in [-0.1, -0.05) is 23.7 Å². The first-order valence-electron chi connectivity index (χ1n) is 10.1. The minimum Gasteiger partial charge on any atom is -0.491 e. The second-order valence-electron chi connectivity index (χ2n) is 7.42. The molecule has 2 heterocycles. The van der Waals surface area contributed by atoms with Crippen molar-refractivity contribution in [2.45, 2.75) is 31.3 Å². The number of nitrogens with one attached hydrogen (secondary N) is 1. The Morgan fingerprint density at radius 2 is 2.03 bits per heavy atom. The molecule has 1 aliphatic rings. The van der Waals surface area contributed by atoms with Crippen LogP contribution in [0.15, 0.2) is 67.3 Å². The Hall–Kier alpha value is -2.87. The first-order valence-corrected chi connectivity index (χ1v) is 10.5. The molecule has 0 radical (unpaired) electrons. The van der Waals surface area contributed by atoms with Crippen molar-refractivity contribution in [2.75, 3.05) is 18.5 Å². The van der Waals surface area contributed by atoms with E-state index < -0.39 is 5.79 Å². The number of ether oxygens (including phenoxy) is 3. The van der Waals surface area contributed by atoms with Crippen molar-refractivity contribution in [3.63, 3.8) is 0 Å². The summed E-state index contributed by atoms with van der Waals surface area (Å²) in [6, 6.07) is 15.0. The highest BCUT2D eigenvalue weighted by Crippen LogP contribution is 2.31. The maximum absolute atomic E-state index is 10.5. The van der Waals surface area contributed by atoms with Gasteiger partial charge in [0.15, 0.2) is 5.79 Å². The fraction of sp³-hybridized carbons (Fsp3) is 0.304. The fourth-order valence-corrected chi connectivity index (χ4v) is 3.67. The summed E-state index contributed by atoms with van der Waals surface area (Å²) in [4.78, 5) is 14.6. The molecule has 1 amide bonds. The molecule has 2 aromatic carbocycles. The van der Waals surface area contributed by atoms with Crippen LogP contribution in [0.25, 0.3) is 0 Å². The Balaban J connectivity index is 1.37. The third-order valence-corrected chi connectivity index (χ3v) is 5.37. The molecule has 1 N–H and O–H groups in total. The Bertz CT molecular complexity index is 964. The van der Waals surface area contributed by atoms with Gasteiger partial charge in [0.25, 0.3) is 0 Å². The summed E-state index contributed by atoms with van der Waals surface area (Å²) >= 11 is 6.00. The number of anilines is 1. The van der Waals surface area contributed by atoms with Gasteiger partial charge in [0.2, 0.25) is 6.41 Å². The molecule has 2 atom stereocenters. The van der Waals surface area contributed by atoms with Gasteiger partial charge < -0.3 is 24.1 Å². The SMILES string of the molecule is O=CNc1ccc(OCC2COC(CCc3ccc(Cl)cc3)(Cn3ccnc3)O2)cc1. The molecule has 162 valence electrons. The minimum atomic E-state index is -0.758. The molecule has 1 aromatic heterocycles. The van der Waals surface area contributed by atoms with E-state index in [0.29, 0.717) is 44.0 Å². The first-order chi connectivity index (χ1) is 15.1. The lowest BCUT2D eigenvalue weighted by atomic mass is 10.0. The molecule has 31 heavy (non-hydrogen) atoms. The Kier molecular flexibility index (Phi) is 6.86. The van der Waals surface area contributed by atoms with E-state index in [1.54, 1.807) is 36.8 Å². The Labute approximate surface area is 185 Å². The van der Waals surface area contributed by atoms with Crippen molar-refractivity contribution in [1.29, 1.82) is 0 Å². The summed E-state index contributed by atoms with van der Waals surface area (Å²) in [5.41, 5.74) is 1.88. The standard InChI is InChI=1S/C23H24ClN3O4/c24-19-3-1-18(2-4-19)9-10-23(15-27-12-11-25-16-27)30-14-22(31-23)13-29-21-7-5-20(6-8-21)26-17-28/h1-8,11-12,16-17,22H,9-10,13-15H2,(H,26,28). The number of halogens is 1. The van der Waals surface area contributed by atoms with Crippen LogP contribution in [-0.4, -0.2) is 41.1 Å². The number of imidazole rings is 1. The molecule has 1 fully saturated rings. The van der Waals surface area contributed by atoms with Crippen LogP contribution in [0, 0.1) is 0 Å². The van der Waals surface area contributed by atoms with Crippen molar-refractivity contribution < 1.29 is 19.0 Å². The summed E-state index contributed by atoms with van der Waals surface area (Å²) in [5.74, 6) is -0.0557. The zero-order chi connectivity index (χ0) is 21.5. The highest BCUT2D eigenvalue weighted by molar-refractivity contribution is 6.30. The number of benzene rings is 2. The fourth-order valence-electron chi connectivity index (χ4n) is 3.54. The number of amides is 1. The van der Waals surface area contributed by atoms with E-state index in [9.17, 15) is 4.79 Å². The van der Waals surface area contributed by atoms with Crippen molar-refractivity contribution >= 4 is 23.7 Å². The molecular weight excluding hydrogens is 418 g/mol. The van der Waals surface area contributed by atoms with Gasteiger partial charge in [-0.3, -0.25) is 4.79 Å². The Morgan fingerprint density at radius 1 is 1.23 bits per heavy atom. The number of hydrogen-bond donors (Lipinski definition) is 1. The van der Waals surface area contributed by atoms with Gasteiger partial charge in [-0.25, -0.2) is 4.98 Å². The van der Waals surface area contributed by atoms with Gasteiger partial charge in [0, 0.05) is 29.5 Å². The summed E-state index contributed by atoms with van der Waals surface area (Å²) in [6.45, 7) is 1.36. The summed E-state index contributed by atoms with van der Waals surface area (Å²) in [6.07, 6.45) is 7.33.